The second kappa shape index (κ2) is 6.45. The first kappa shape index (κ1) is 14.4. The Morgan fingerprint density at radius 1 is 1.41 bits per heavy atom. The highest BCUT2D eigenvalue weighted by Gasteiger charge is 2.28. The summed E-state index contributed by atoms with van der Waals surface area (Å²) in [4.78, 5) is 20.8. The molecule has 1 aliphatic rings. The van der Waals surface area contributed by atoms with Crippen LogP contribution in [0.15, 0.2) is 41.8 Å². The molecule has 0 spiro atoms. The molecule has 1 unspecified atom stereocenters. The van der Waals surface area contributed by atoms with Gasteiger partial charge in [0.2, 0.25) is 5.91 Å². The second-order valence-corrected chi connectivity index (χ2v) is 5.59. The van der Waals surface area contributed by atoms with Gasteiger partial charge in [0.1, 0.15) is 0 Å². The average Bonchev–Trinajstić information content (AvgIpc) is 2.91. The van der Waals surface area contributed by atoms with Crippen LogP contribution in [0.25, 0.3) is 21.2 Å². The van der Waals surface area contributed by atoms with Crippen LogP contribution in [-0.4, -0.2) is 35.4 Å². The van der Waals surface area contributed by atoms with E-state index in [4.69, 9.17) is 5.53 Å². The molecule has 1 aromatic heterocycles. The first-order valence-corrected chi connectivity index (χ1v) is 7.38. The van der Waals surface area contributed by atoms with Gasteiger partial charge in [-0.25, -0.2) is 0 Å². The van der Waals surface area contributed by atoms with Crippen LogP contribution in [-0.2, 0) is 11.2 Å². The predicted octanol–water partition coefficient (Wildman–Crippen LogP) is 2.94. The van der Waals surface area contributed by atoms with Gasteiger partial charge < -0.3 is 4.90 Å². The van der Waals surface area contributed by atoms with E-state index < -0.39 is 0 Å². The van der Waals surface area contributed by atoms with Crippen LogP contribution < -0.4 is 0 Å². The van der Waals surface area contributed by atoms with Gasteiger partial charge in [0, 0.05) is 48.7 Å². The lowest BCUT2D eigenvalue weighted by molar-refractivity contribution is -0.127. The van der Waals surface area contributed by atoms with Crippen LogP contribution in [0.5, 0.6) is 0 Å². The highest BCUT2D eigenvalue weighted by atomic mass is 16.2. The van der Waals surface area contributed by atoms with Crippen LogP contribution >= 0.6 is 0 Å². The van der Waals surface area contributed by atoms with Crippen molar-refractivity contribution in [2.24, 2.45) is 11.0 Å². The van der Waals surface area contributed by atoms with Crippen LogP contribution in [0.3, 0.4) is 0 Å². The Hall–Kier alpha value is -2.59. The standard InChI is InChI=1S/C16H17N5O/c17-20-19-9-12-8-16(22)21(11-12)7-5-13-2-1-3-14-10-18-6-4-15(13)14/h1-4,6,10,12H,5,7-9,11H2. The molecule has 0 aliphatic carbocycles. The van der Waals surface area contributed by atoms with Gasteiger partial charge in [-0.1, -0.05) is 23.3 Å². The second-order valence-electron chi connectivity index (χ2n) is 5.59. The van der Waals surface area contributed by atoms with Crippen molar-refractivity contribution < 1.29 is 4.79 Å². The number of nitrogens with zero attached hydrogens (tertiary/aromatic N) is 5. The van der Waals surface area contributed by atoms with E-state index in [2.05, 4.69) is 21.1 Å². The summed E-state index contributed by atoms with van der Waals surface area (Å²) in [5, 5.41) is 5.89. The van der Waals surface area contributed by atoms with Gasteiger partial charge in [-0.05, 0) is 34.9 Å². The maximum Gasteiger partial charge on any atom is 0.222 e. The molecule has 2 aromatic rings. The summed E-state index contributed by atoms with van der Waals surface area (Å²) in [6, 6.07) is 8.18. The van der Waals surface area contributed by atoms with Crippen molar-refractivity contribution in [2.45, 2.75) is 12.8 Å². The topological polar surface area (TPSA) is 82.0 Å². The lowest BCUT2D eigenvalue weighted by Crippen LogP contribution is -2.27. The molecule has 6 nitrogen and oxygen atoms in total. The number of carbonyl (C=O) groups is 1. The number of azide groups is 1. The number of aromatic nitrogens is 1. The molecule has 1 saturated heterocycles. The van der Waals surface area contributed by atoms with Gasteiger partial charge in [0.05, 0.1) is 0 Å². The molecule has 1 amide bonds. The number of rotatable bonds is 5. The summed E-state index contributed by atoms with van der Waals surface area (Å²) in [5.74, 6) is 0.306. The molecule has 2 heterocycles. The minimum Gasteiger partial charge on any atom is -0.342 e. The predicted molar refractivity (Wildman–Crippen MR) is 84.1 cm³/mol. The summed E-state index contributed by atoms with van der Waals surface area (Å²) >= 11 is 0. The molecule has 1 aliphatic heterocycles. The van der Waals surface area contributed by atoms with E-state index >= 15 is 0 Å². The molecule has 22 heavy (non-hydrogen) atoms. The number of pyridine rings is 1. The van der Waals surface area contributed by atoms with Crippen molar-refractivity contribution >= 4 is 16.7 Å². The maximum absolute atomic E-state index is 12.0. The van der Waals surface area contributed by atoms with Crippen LogP contribution in [0, 0.1) is 5.92 Å². The SMILES string of the molecule is [N-]=[N+]=NCC1CC(=O)N(CCc2cccc3cnccc23)C1. The molecule has 0 radical (unpaired) electrons. The molecule has 1 atom stereocenters. The van der Waals surface area contributed by atoms with E-state index in [1.165, 1.54) is 10.9 Å². The Balaban J connectivity index is 1.67. The molecule has 6 heteroatoms. The third kappa shape index (κ3) is 3.02. The first-order valence-electron chi connectivity index (χ1n) is 7.38. The Morgan fingerprint density at radius 3 is 3.18 bits per heavy atom. The number of likely N-dealkylation sites (tertiary alicyclic amines) is 1. The fraction of sp³-hybridized carbons (Fsp3) is 0.375. The zero-order chi connectivity index (χ0) is 15.4. The van der Waals surface area contributed by atoms with Gasteiger partial charge in [-0.3, -0.25) is 9.78 Å². The number of hydrogen-bond acceptors (Lipinski definition) is 3. The Morgan fingerprint density at radius 2 is 2.32 bits per heavy atom. The van der Waals surface area contributed by atoms with Crippen molar-refractivity contribution in [3.05, 3.63) is 52.7 Å². The zero-order valence-corrected chi connectivity index (χ0v) is 12.2. The van der Waals surface area contributed by atoms with Crippen molar-refractivity contribution in [3.8, 4) is 0 Å². The summed E-state index contributed by atoms with van der Waals surface area (Å²) < 4.78 is 0. The number of hydrogen-bond donors (Lipinski definition) is 0. The van der Waals surface area contributed by atoms with Gasteiger partial charge in [-0.15, -0.1) is 0 Å². The third-order valence-electron chi connectivity index (χ3n) is 4.12. The summed E-state index contributed by atoms with van der Waals surface area (Å²) in [7, 11) is 0. The average molecular weight is 295 g/mol. The first-order chi connectivity index (χ1) is 10.8. The number of carbonyl (C=O) groups excluding carboxylic acids is 1. The van der Waals surface area contributed by atoms with E-state index in [1.54, 1.807) is 6.20 Å². The van der Waals surface area contributed by atoms with E-state index in [0.29, 0.717) is 26.1 Å². The lowest BCUT2D eigenvalue weighted by atomic mass is 10.0. The number of amides is 1. The highest BCUT2D eigenvalue weighted by Crippen LogP contribution is 2.21. The molecular formula is C16H17N5O. The highest BCUT2D eigenvalue weighted by molar-refractivity contribution is 5.85. The van der Waals surface area contributed by atoms with Gasteiger partial charge in [-0.2, -0.15) is 0 Å². The fourth-order valence-electron chi connectivity index (χ4n) is 3.01. The van der Waals surface area contributed by atoms with Crippen molar-refractivity contribution in [2.75, 3.05) is 19.6 Å². The quantitative estimate of drug-likeness (QED) is 0.482. The molecule has 1 aromatic carbocycles. The lowest BCUT2D eigenvalue weighted by Gasteiger charge is -2.17. The zero-order valence-electron chi connectivity index (χ0n) is 12.2. The Kier molecular flexibility index (Phi) is 4.21. The molecule has 0 N–H and O–H groups in total. The van der Waals surface area contributed by atoms with E-state index in [1.807, 2.05) is 29.3 Å². The minimum atomic E-state index is 0.153. The van der Waals surface area contributed by atoms with E-state index in [9.17, 15) is 4.79 Å². The van der Waals surface area contributed by atoms with Gasteiger partial charge in [0.25, 0.3) is 0 Å². The summed E-state index contributed by atoms with van der Waals surface area (Å²) in [6.07, 6.45) is 4.96. The largest absolute Gasteiger partial charge is 0.342 e. The van der Waals surface area contributed by atoms with Crippen LogP contribution in [0.2, 0.25) is 0 Å². The molecule has 112 valence electrons. The van der Waals surface area contributed by atoms with Crippen molar-refractivity contribution in [3.63, 3.8) is 0 Å². The monoisotopic (exact) mass is 295 g/mol. The summed E-state index contributed by atoms with van der Waals surface area (Å²) in [5.41, 5.74) is 9.59. The number of fused-ring (bicyclic) bond motifs is 1. The normalized spacial score (nSPS) is 17.7. The minimum absolute atomic E-state index is 0.153. The van der Waals surface area contributed by atoms with Crippen LogP contribution in [0.4, 0.5) is 0 Å². The Bertz CT molecular complexity index is 733. The van der Waals surface area contributed by atoms with E-state index in [0.717, 1.165) is 11.8 Å². The molecule has 3 rings (SSSR count). The summed E-state index contributed by atoms with van der Waals surface area (Å²) in [6.45, 7) is 1.79. The molecular weight excluding hydrogens is 278 g/mol. The smallest absolute Gasteiger partial charge is 0.222 e. The molecule has 1 fully saturated rings. The fourth-order valence-corrected chi connectivity index (χ4v) is 3.01. The van der Waals surface area contributed by atoms with Gasteiger partial charge in [0.15, 0.2) is 0 Å². The van der Waals surface area contributed by atoms with Crippen LogP contribution in [0.1, 0.15) is 12.0 Å². The maximum atomic E-state index is 12.0. The molecule has 0 saturated carbocycles. The van der Waals surface area contributed by atoms with Crippen molar-refractivity contribution in [1.82, 2.24) is 9.88 Å². The Labute approximate surface area is 128 Å². The van der Waals surface area contributed by atoms with Crippen molar-refractivity contribution in [1.29, 1.82) is 0 Å². The molecule has 0 bridgehead atoms. The van der Waals surface area contributed by atoms with Gasteiger partial charge >= 0.3 is 0 Å². The third-order valence-corrected chi connectivity index (χ3v) is 4.12. The number of benzene rings is 1. The van der Waals surface area contributed by atoms with E-state index in [-0.39, 0.29) is 11.8 Å².